The minimum atomic E-state index is -0.250. The topological polar surface area (TPSA) is 41.6 Å². The van der Waals surface area contributed by atoms with Crippen molar-refractivity contribution >= 4 is 17.7 Å². The van der Waals surface area contributed by atoms with E-state index in [1.165, 1.54) is 31.7 Å². The van der Waals surface area contributed by atoms with Gasteiger partial charge in [-0.1, -0.05) is 6.08 Å². The van der Waals surface area contributed by atoms with Crippen molar-refractivity contribution in [2.45, 2.75) is 6.92 Å². The van der Waals surface area contributed by atoms with E-state index in [1.54, 1.807) is 6.92 Å². The van der Waals surface area contributed by atoms with E-state index in [2.05, 4.69) is 15.0 Å². The van der Waals surface area contributed by atoms with Crippen LogP contribution in [0.1, 0.15) is 6.92 Å². The molecule has 1 rings (SSSR count). The van der Waals surface area contributed by atoms with Crippen LogP contribution < -0.4 is 5.32 Å². The quantitative estimate of drug-likeness (QED) is 0.432. The lowest BCUT2D eigenvalue weighted by Crippen LogP contribution is -2.37. The maximum absolute atomic E-state index is 11.1. The van der Waals surface area contributed by atoms with E-state index in [9.17, 15) is 4.79 Å². The lowest BCUT2D eigenvalue weighted by atomic mass is 10.3. The van der Waals surface area contributed by atoms with Crippen molar-refractivity contribution in [2.75, 3.05) is 51.3 Å². The molecule has 0 aromatic carbocycles. The van der Waals surface area contributed by atoms with Crippen LogP contribution in [0.15, 0.2) is 11.6 Å². The average molecular weight is 258 g/mol. The van der Waals surface area contributed by atoms with Crippen molar-refractivity contribution in [1.29, 1.82) is 0 Å². The minimum absolute atomic E-state index is 0.250. The molecule has 1 aliphatic heterocycles. The number of carbonyl (C=O) groups is 1. The number of methoxy groups -OCH3 is 1. The lowest BCUT2D eigenvalue weighted by Gasteiger charge is -2.25. The third-order valence-corrected chi connectivity index (χ3v) is 3.71. The van der Waals surface area contributed by atoms with Crippen molar-refractivity contribution in [2.24, 2.45) is 0 Å². The molecule has 0 aromatic rings. The molecule has 0 aliphatic carbocycles. The van der Waals surface area contributed by atoms with Crippen molar-refractivity contribution in [3.8, 4) is 0 Å². The van der Waals surface area contributed by atoms with E-state index < -0.39 is 0 Å². The number of hydrogen-bond acceptors (Lipinski definition) is 5. The maximum Gasteiger partial charge on any atom is 0.333 e. The Hall–Kier alpha value is -0.520. The molecule has 0 aromatic heterocycles. The second-order valence-electron chi connectivity index (χ2n) is 4.04. The summed E-state index contributed by atoms with van der Waals surface area (Å²) >= 11 is 2.03. The predicted octanol–water partition coefficient (Wildman–Crippen LogP) is 0.744. The Morgan fingerprint density at radius 3 is 2.82 bits per heavy atom. The maximum atomic E-state index is 11.1. The SMILES string of the molecule is COC(=O)C(C)=CCNCCN1CCSCC1. The summed E-state index contributed by atoms with van der Waals surface area (Å²) in [5.74, 6) is 2.25. The predicted molar refractivity (Wildman–Crippen MR) is 72.4 cm³/mol. The summed E-state index contributed by atoms with van der Waals surface area (Å²) in [6, 6.07) is 0. The number of ether oxygens (including phenoxy) is 1. The molecular formula is C12H22N2O2S. The van der Waals surface area contributed by atoms with E-state index in [0.717, 1.165) is 19.6 Å². The molecule has 1 N–H and O–H groups in total. The van der Waals surface area contributed by atoms with Crippen molar-refractivity contribution in [1.82, 2.24) is 10.2 Å². The number of nitrogens with one attached hydrogen (secondary N) is 1. The molecule has 4 nitrogen and oxygen atoms in total. The fourth-order valence-corrected chi connectivity index (χ4v) is 2.61. The lowest BCUT2D eigenvalue weighted by molar-refractivity contribution is -0.136. The number of nitrogens with zero attached hydrogens (tertiary/aromatic N) is 1. The highest BCUT2D eigenvalue weighted by Crippen LogP contribution is 2.07. The van der Waals surface area contributed by atoms with Gasteiger partial charge in [-0.25, -0.2) is 4.79 Å². The first kappa shape index (κ1) is 14.5. The molecule has 0 bridgehead atoms. The zero-order valence-corrected chi connectivity index (χ0v) is 11.5. The molecule has 5 heteroatoms. The molecule has 0 amide bonds. The molecule has 1 heterocycles. The first-order valence-electron chi connectivity index (χ1n) is 6.00. The molecule has 0 saturated carbocycles. The van der Waals surface area contributed by atoms with E-state index >= 15 is 0 Å². The fourth-order valence-electron chi connectivity index (χ4n) is 1.63. The number of esters is 1. The standard InChI is InChI=1S/C12H22N2O2S/c1-11(12(15)16-2)3-4-13-5-6-14-7-9-17-10-8-14/h3,13H,4-10H2,1-2H3. The fraction of sp³-hybridized carbons (Fsp3) is 0.750. The van der Waals surface area contributed by atoms with Gasteiger partial charge in [-0.05, 0) is 6.92 Å². The molecule has 0 radical (unpaired) electrons. The molecule has 0 spiro atoms. The summed E-state index contributed by atoms with van der Waals surface area (Å²) in [5, 5.41) is 3.31. The Kier molecular flexibility index (Phi) is 7.32. The molecule has 0 unspecified atom stereocenters. The Morgan fingerprint density at radius 1 is 1.47 bits per heavy atom. The number of carbonyl (C=O) groups excluding carboxylic acids is 1. The number of hydrogen-bond donors (Lipinski definition) is 1. The van der Waals surface area contributed by atoms with E-state index in [1.807, 2.05) is 17.8 Å². The highest BCUT2D eigenvalue weighted by atomic mass is 32.2. The van der Waals surface area contributed by atoms with Crippen LogP contribution in [0.5, 0.6) is 0 Å². The summed E-state index contributed by atoms with van der Waals surface area (Å²) in [6.45, 7) is 6.95. The van der Waals surface area contributed by atoms with Crippen LogP contribution in [0.4, 0.5) is 0 Å². The largest absolute Gasteiger partial charge is 0.466 e. The molecule has 1 saturated heterocycles. The van der Waals surface area contributed by atoms with Gasteiger partial charge in [0.1, 0.15) is 0 Å². The molecule has 1 fully saturated rings. The van der Waals surface area contributed by atoms with Gasteiger partial charge in [-0.15, -0.1) is 0 Å². The molecule has 1 aliphatic rings. The van der Waals surface area contributed by atoms with Gasteiger partial charge < -0.3 is 15.0 Å². The van der Waals surface area contributed by atoms with Crippen LogP contribution in [0.25, 0.3) is 0 Å². The highest BCUT2D eigenvalue weighted by molar-refractivity contribution is 7.99. The van der Waals surface area contributed by atoms with Crippen molar-refractivity contribution < 1.29 is 9.53 Å². The van der Waals surface area contributed by atoms with Gasteiger partial charge >= 0.3 is 5.97 Å². The van der Waals surface area contributed by atoms with Crippen LogP contribution >= 0.6 is 11.8 Å². The van der Waals surface area contributed by atoms with Gasteiger partial charge in [0.25, 0.3) is 0 Å². The summed E-state index contributed by atoms with van der Waals surface area (Å²) in [4.78, 5) is 13.6. The zero-order chi connectivity index (χ0) is 12.5. The summed E-state index contributed by atoms with van der Waals surface area (Å²) in [6.07, 6.45) is 1.87. The average Bonchev–Trinajstić information content (AvgIpc) is 2.38. The molecule has 98 valence electrons. The van der Waals surface area contributed by atoms with Crippen molar-refractivity contribution in [3.63, 3.8) is 0 Å². The molecule has 17 heavy (non-hydrogen) atoms. The first-order valence-corrected chi connectivity index (χ1v) is 7.15. The normalized spacial score (nSPS) is 18.1. The molecular weight excluding hydrogens is 236 g/mol. The van der Waals surface area contributed by atoms with Crippen LogP contribution in [0.2, 0.25) is 0 Å². The Balaban J connectivity index is 2.05. The number of thioether (sulfide) groups is 1. The van der Waals surface area contributed by atoms with Crippen LogP contribution in [0.3, 0.4) is 0 Å². The Bertz CT molecular complexity index is 263. The second-order valence-corrected chi connectivity index (χ2v) is 5.26. The van der Waals surface area contributed by atoms with Gasteiger partial charge in [-0.2, -0.15) is 11.8 Å². The van der Waals surface area contributed by atoms with Crippen LogP contribution in [-0.4, -0.2) is 62.2 Å². The van der Waals surface area contributed by atoms with E-state index in [0.29, 0.717) is 5.57 Å². The highest BCUT2D eigenvalue weighted by Gasteiger charge is 2.08. The smallest absolute Gasteiger partial charge is 0.333 e. The third kappa shape index (κ3) is 6.10. The second kappa shape index (κ2) is 8.55. The first-order chi connectivity index (χ1) is 8.24. The van der Waals surface area contributed by atoms with Crippen molar-refractivity contribution in [3.05, 3.63) is 11.6 Å². The summed E-state index contributed by atoms with van der Waals surface area (Å²) in [7, 11) is 1.40. The third-order valence-electron chi connectivity index (χ3n) is 2.77. The van der Waals surface area contributed by atoms with E-state index in [-0.39, 0.29) is 5.97 Å². The van der Waals surface area contributed by atoms with E-state index in [4.69, 9.17) is 0 Å². The minimum Gasteiger partial charge on any atom is -0.466 e. The van der Waals surface area contributed by atoms with Crippen LogP contribution in [0, 0.1) is 0 Å². The van der Waals surface area contributed by atoms with Gasteiger partial charge in [-0.3, -0.25) is 0 Å². The monoisotopic (exact) mass is 258 g/mol. The van der Waals surface area contributed by atoms with Gasteiger partial charge in [0.15, 0.2) is 0 Å². The zero-order valence-electron chi connectivity index (χ0n) is 10.7. The number of rotatable bonds is 6. The summed E-state index contributed by atoms with van der Waals surface area (Å²) in [5.41, 5.74) is 0.661. The van der Waals surface area contributed by atoms with Gasteiger partial charge in [0.05, 0.1) is 7.11 Å². The Labute approximate surface area is 108 Å². The van der Waals surface area contributed by atoms with Crippen LogP contribution in [-0.2, 0) is 9.53 Å². The summed E-state index contributed by atoms with van der Waals surface area (Å²) < 4.78 is 4.62. The molecule has 0 atom stereocenters. The van der Waals surface area contributed by atoms with Gasteiger partial charge in [0.2, 0.25) is 0 Å². The van der Waals surface area contributed by atoms with Gasteiger partial charge in [0, 0.05) is 49.8 Å². The Morgan fingerprint density at radius 2 is 2.18 bits per heavy atom.